The van der Waals surface area contributed by atoms with Gasteiger partial charge in [0.2, 0.25) is 0 Å². The zero-order valence-corrected chi connectivity index (χ0v) is 12.9. The third-order valence-corrected chi connectivity index (χ3v) is 3.38. The highest BCUT2D eigenvalue weighted by molar-refractivity contribution is 5.99. The van der Waals surface area contributed by atoms with Gasteiger partial charge in [-0.25, -0.2) is 9.78 Å². The molecule has 0 saturated heterocycles. The number of ether oxygens (including phenoxy) is 2. The average Bonchev–Trinajstić information content (AvgIpc) is 2.65. The van der Waals surface area contributed by atoms with Gasteiger partial charge in [-0.2, -0.15) is 0 Å². The number of hydrogen-bond acceptors (Lipinski definition) is 6. The molecule has 6 heteroatoms. The second-order valence-corrected chi connectivity index (χ2v) is 4.98. The lowest BCUT2D eigenvalue weighted by Gasteiger charge is -2.06. The van der Waals surface area contributed by atoms with E-state index in [-0.39, 0.29) is 18.1 Å². The maximum absolute atomic E-state index is 12.1. The summed E-state index contributed by atoms with van der Waals surface area (Å²) in [7, 11) is 1.52. The highest BCUT2D eigenvalue weighted by Gasteiger charge is 2.14. The quantitative estimate of drug-likeness (QED) is 0.531. The summed E-state index contributed by atoms with van der Waals surface area (Å²) in [6, 6.07) is 13.8. The van der Waals surface area contributed by atoms with E-state index in [1.807, 2.05) is 6.07 Å². The molecule has 1 heterocycles. The molecule has 120 valence electrons. The van der Waals surface area contributed by atoms with E-state index in [0.717, 1.165) is 0 Å². The van der Waals surface area contributed by atoms with Gasteiger partial charge in [-0.05, 0) is 24.3 Å². The summed E-state index contributed by atoms with van der Waals surface area (Å²) in [5, 5.41) is 0. The van der Waals surface area contributed by atoms with Gasteiger partial charge in [0.05, 0.1) is 24.3 Å². The predicted molar refractivity (Wildman–Crippen MR) is 87.1 cm³/mol. The van der Waals surface area contributed by atoms with Crippen molar-refractivity contribution in [1.82, 2.24) is 9.97 Å². The number of fused-ring (bicyclic) bond motifs is 1. The lowest BCUT2D eigenvalue weighted by molar-refractivity contribution is 0.0469. The van der Waals surface area contributed by atoms with Gasteiger partial charge in [-0.15, -0.1) is 0 Å². The maximum atomic E-state index is 12.1. The molecule has 0 unspecified atom stereocenters. The van der Waals surface area contributed by atoms with Crippen LogP contribution < -0.4 is 4.74 Å². The van der Waals surface area contributed by atoms with Crippen molar-refractivity contribution in [3.05, 3.63) is 66.0 Å². The molecule has 0 bridgehead atoms. The molecular formula is C18H14N2O4. The molecule has 3 rings (SSSR count). The van der Waals surface area contributed by atoms with Crippen molar-refractivity contribution in [2.45, 2.75) is 0 Å². The molecule has 1 aromatic heterocycles. The normalized spacial score (nSPS) is 10.4. The molecular weight excluding hydrogens is 308 g/mol. The van der Waals surface area contributed by atoms with Crippen LogP contribution in [0.5, 0.6) is 5.75 Å². The van der Waals surface area contributed by atoms with E-state index in [2.05, 4.69) is 9.97 Å². The monoisotopic (exact) mass is 322 g/mol. The van der Waals surface area contributed by atoms with Crippen LogP contribution in [0.25, 0.3) is 11.0 Å². The molecule has 3 aromatic rings. The lowest BCUT2D eigenvalue weighted by Crippen LogP contribution is -2.15. The second-order valence-electron chi connectivity index (χ2n) is 4.98. The van der Waals surface area contributed by atoms with Crippen molar-refractivity contribution in [3.63, 3.8) is 0 Å². The Bertz CT molecular complexity index is 908. The van der Waals surface area contributed by atoms with Crippen LogP contribution in [0, 0.1) is 0 Å². The van der Waals surface area contributed by atoms with Gasteiger partial charge in [0.1, 0.15) is 5.75 Å². The number of esters is 1. The molecule has 0 amide bonds. The van der Waals surface area contributed by atoms with Crippen LogP contribution in [-0.4, -0.2) is 35.4 Å². The average molecular weight is 322 g/mol. The van der Waals surface area contributed by atoms with E-state index in [1.165, 1.54) is 13.3 Å². The molecule has 0 saturated carbocycles. The number of para-hydroxylation sites is 2. The highest BCUT2D eigenvalue weighted by atomic mass is 16.5. The first kappa shape index (κ1) is 15.6. The minimum absolute atomic E-state index is 0.0622. The molecule has 0 atom stereocenters. The Kier molecular flexibility index (Phi) is 4.47. The van der Waals surface area contributed by atoms with Gasteiger partial charge in [0.15, 0.2) is 18.1 Å². The Morgan fingerprint density at radius 3 is 2.62 bits per heavy atom. The van der Waals surface area contributed by atoms with Crippen molar-refractivity contribution in [2.24, 2.45) is 0 Å². The standard InChI is InChI=1S/C18H14N2O4/c1-23-13-6-4-5-12(9-13)17(21)11-24-18(22)16-10-19-14-7-2-3-8-15(14)20-16/h2-10H,11H2,1H3. The fraction of sp³-hybridized carbons (Fsp3) is 0.111. The number of ketones is 1. The number of carbonyl (C=O) groups is 2. The number of Topliss-reactive ketones (excluding diaryl/α,β-unsaturated/α-hetero) is 1. The van der Waals surface area contributed by atoms with Gasteiger partial charge in [-0.3, -0.25) is 9.78 Å². The molecule has 2 aromatic carbocycles. The molecule has 0 N–H and O–H groups in total. The van der Waals surface area contributed by atoms with E-state index in [9.17, 15) is 9.59 Å². The van der Waals surface area contributed by atoms with E-state index in [1.54, 1.807) is 42.5 Å². The zero-order chi connectivity index (χ0) is 16.9. The van der Waals surface area contributed by atoms with Crippen molar-refractivity contribution >= 4 is 22.8 Å². The molecule has 0 fully saturated rings. The fourth-order valence-electron chi connectivity index (χ4n) is 2.14. The van der Waals surface area contributed by atoms with Gasteiger partial charge < -0.3 is 9.47 Å². The summed E-state index contributed by atoms with van der Waals surface area (Å²) in [5.74, 6) is -0.451. The number of aromatic nitrogens is 2. The third-order valence-electron chi connectivity index (χ3n) is 3.38. The maximum Gasteiger partial charge on any atom is 0.359 e. The molecule has 0 spiro atoms. The Morgan fingerprint density at radius 1 is 1.04 bits per heavy atom. The molecule has 0 aliphatic heterocycles. The third kappa shape index (κ3) is 3.38. The molecule has 0 aliphatic rings. The van der Waals surface area contributed by atoms with Crippen LogP contribution in [0.15, 0.2) is 54.7 Å². The minimum Gasteiger partial charge on any atom is -0.497 e. The first-order valence-corrected chi connectivity index (χ1v) is 7.23. The van der Waals surface area contributed by atoms with E-state index < -0.39 is 5.97 Å². The summed E-state index contributed by atoms with van der Waals surface area (Å²) in [5.41, 5.74) is 1.74. The number of hydrogen-bond donors (Lipinski definition) is 0. The summed E-state index contributed by atoms with van der Waals surface area (Å²) < 4.78 is 10.1. The van der Waals surface area contributed by atoms with E-state index in [0.29, 0.717) is 22.3 Å². The van der Waals surface area contributed by atoms with E-state index in [4.69, 9.17) is 9.47 Å². The van der Waals surface area contributed by atoms with Crippen molar-refractivity contribution in [3.8, 4) is 5.75 Å². The largest absolute Gasteiger partial charge is 0.497 e. The summed E-state index contributed by atoms with van der Waals surface area (Å²) in [6.07, 6.45) is 1.33. The smallest absolute Gasteiger partial charge is 0.359 e. The minimum atomic E-state index is -0.690. The topological polar surface area (TPSA) is 78.4 Å². The van der Waals surface area contributed by atoms with Gasteiger partial charge in [0, 0.05) is 5.56 Å². The van der Waals surface area contributed by atoms with Crippen molar-refractivity contribution < 1.29 is 19.1 Å². The summed E-state index contributed by atoms with van der Waals surface area (Å²) >= 11 is 0. The van der Waals surface area contributed by atoms with E-state index >= 15 is 0 Å². The second kappa shape index (κ2) is 6.87. The lowest BCUT2D eigenvalue weighted by atomic mass is 10.1. The SMILES string of the molecule is COc1cccc(C(=O)COC(=O)c2cnc3ccccc3n2)c1. The Hall–Kier alpha value is -3.28. The Labute approximate surface area is 138 Å². The number of benzene rings is 2. The summed E-state index contributed by atoms with van der Waals surface area (Å²) in [6.45, 7) is -0.374. The number of nitrogens with zero attached hydrogens (tertiary/aromatic N) is 2. The molecule has 24 heavy (non-hydrogen) atoms. The molecule has 0 radical (unpaired) electrons. The fourth-order valence-corrected chi connectivity index (χ4v) is 2.14. The molecule has 6 nitrogen and oxygen atoms in total. The highest BCUT2D eigenvalue weighted by Crippen LogP contribution is 2.13. The van der Waals surface area contributed by atoms with Crippen molar-refractivity contribution in [1.29, 1.82) is 0 Å². The van der Waals surface area contributed by atoms with Crippen LogP contribution in [0.1, 0.15) is 20.8 Å². The first-order valence-electron chi connectivity index (χ1n) is 7.23. The Morgan fingerprint density at radius 2 is 1.83 bits per heavy atom. The van der Waals surface area contributed by atoms with Crippen LogP contribution >= 0.6 is 0 Å². The van der Waals surface area contributed by atoms with Crippen LogP contribution in [0.2, 0.25) is 0 Å². The zero-order valence-electron chi connectivity index (χ0n) is 12.9. The van der Waals surface area contributed by atoms with Gasteiger partial charge >= 0.3 is 5.97 Å². The number of methoxy groups -OCH3 is 1. The summed E-state index contributed by atoms with van der Waals surface area (Å²) in [4.78, 5) is 32.5. The van der Waals surface area contributed by atoms with Crippen LogP contribution in [0.3, 0.4) is 0 Å². The van der Waals surface area contributed by atoms with Crippen molar-refractivity contribution in [2.75, 3.05) is 13.7 Å². The Balaban J connectivity index is 1.68. The van der Waals surface area contributed by atoms with Gasteiger partial charge in [-0.1, -0.05) is 24.3 Å². The molecule has 0 aliphatic carbocycles. The number of rotatable bonds is 5. The first-order chi connectivity index (χ1) is 11.7. The van der Waals surface area contributed by atoms with Crippen LogP contribution in [-0.2, 0) is 4.74 Å². The number of carbonyl (C=O) groups excluding carboxylic acids is 2. The predicted octanol–water partition coefficient (Wildman–Crippen LogP) is 2.68. The van der Waals surface area contributed by atoms with Crippen LogP contribution in [0.4, 0.5) is 0 Å². The van der Waals surface area contributed by atoms with Gasteiger partial charge in [0.25, 0.3) is 0 Å².